The maximum absolute atomic E-state index is 11.8. The lowest BCUT2D eigenvalue weighted by molar-refractivity contribution is -0.115. The van der Waals surface area contributed by atoms with Gasteiger partial charge >= 0.3 is 0 Å². The second kappa shape index (κ2) is 8.70. The van der Waals surface area contributed by atoms with Gasteiger partial charge in [-0.3, -0.25) is 4.79 Å². The van der Waals surface area contributed by atoms with E-state index in [2.05, 4.69) is 37.6 Å². The van der Waals surface area contributed by atoms with Crippen LogP contribution in [0.3, 0.4) is 0 Å². The lowest BCUT2D eigenvalue weighted by atomic mass is 10.1. The molecule has 0 aromatic heterocycles. The zero-order valence-corrected chi connectivity index (χ0v) is 17.7. The monoisotopic (exact) mass is 389 g/mol. The molecule has 3 nitrogen and oxygen atoms in total. The van der Waals surface area contributed by atoms with Crippen LogP contribution >= 0.6 is 24.0 Å². The van der Waals surface area contributed by atoms with Crippen molar-refractivity contribution in [1.82, 2.24) is 5.32 Å². The Bertz CT molecular complexity index is 765. The summed E-state index contributed by atoms with van der Waals surface area (Å²) in [5, 5.41) is 2.63. The summed E-state index contributed by atoms with van der Waals surface area (Å²) in [7, 11) is 0.128. The fourth-order valence-electron chi connectivity index (χ4n) is 2.70. The van der Waals surface area contributed by atoms with Crippen LogP contribution in [0.5, 0.6) is 5.75 Å². The number of amides is 1. The van der Waals surface area contributed by atoms with Crippen LogP contribution < -0.4 is 10.1 Å². The summed E-state index contributed by atoms with van der Waals surface area (Å²) in [6, 6.07) is 9.29. The second-order valence-corrected chi connectivity index (χ2v) is 12.6. The fraction of sp³-hybridized carbons (Fsp3) is 0.368. The molecule has 1 saturated heterocycles. The minimum absolute atomic E-state index is 0.146. The van der Waals surface area contributed by atoms with E-state index in [1.807, 2.05) is 24.3 Å². The summed E-state index contributed by atoms with van der Waals surface area (Å²) in [5.74, 6) is 3.99. The highest BCUT2D eigenvalue weighted by Crippen LogP contribution is 2.28. The van der Waals surface area contributed by atoms with Gasteiger partial charge < -0.3 is 10.1 Å². The first-order chi connectivity index (χ1) is 12.0. The molecule has 1 amide bonds. The van der Waals surface area contributed by atoms with Crippen LogP contribution in [-0.2, 0) is 4.79 Å². The first kappa shape index (κ1) is 19.8. The van der Waals surface area contributed by atoms with Crippen molar-refractivity contribution >= 4 is 48.4 Å². The molecule has 1 aromatic carbocycles. The zero-order chi connectivity index (χ0) is 18.4. The smallest absolute Gasteiger partial charge is 0.263 e. The molecule has 1 aromatic rings. The molecule has 1 aliphatic heterocycles. The Morgan fingerprint density at radius 3 is 2.48 bits per heavy atom. The molecule has 25 heavy (non-hydrogen) atoms. The number of ether oxygens (including phenoxy) is 1. The molecule has 0 spiro atoms. The molecular formula is C19H23NO2S2Si. The van der Waals surface area contributed by atoms with Crippen molar-refractivity contribution in [2.75, 3.05) is 7.11 Å². The van der Waals surface area contributed by atoms with Crippen molar-refractivity contribution in [2.24, 2.45) is 0 Å². The van der Waals surface area contributed by atoms with Crippen molar-refractivity contribution in [2.45, 2.75) is 38.9 Å². The van der Waals surface area contributed by atoms with Gasteiger partial charge in [-0.25, -0.2) is 0 Å². The first-order valence-electron chi connectivity index (χ1n) is 8.43. The van der Waals surface area contributed by atoms with Crippen LogP contribution in [0.4, 0.5) is 0 Å². The number of hydrogen-bond donors (Lipinski definition) is 1. The molecule has 0 radical (unpaired) electrons. The molecule has 132 valence electrons. The minimum Gasteiger partial charge on any atom is -0.495 e. The standard InChI is InChI=1S/C19H23NO2S2Si/c1-5-25(6-2,7-3)11-10-15-12-14(8-9-16(15)22-4)13-17-18(21)20-19(23)24-17/h8-9,12-13H,5-7H2,1-4H3,(H,20,21,23)/b17-13-. The highest BCUT2D eigenvalue weighted by molar-refractivity contribution is 8.26. The molecule has 1 fully saturated rings. The molecule has 0 bridgehead atoms. The summed E-state index contributed by atoms with van der Waals surface area (Å²) < 4.78 is 5.96. The van der Waals surface area contributed by atoms with Gasteiger partial charge in [0.25, 0.3) is 5.91 Å². The lowest BCUT2D eigenvalue weighted by Gasteiger charge is -2.20. The quantitative estimate of drug-likeness (QED) is 0.346. The van der Waals surface area contributed by atoms with Gasteiger partial charge in [0.15, 0.2) is 0 Å². The number of hydrogen-bond acceptors (Lipinski definition) is 4. The molecule has 0 aliphatic carbocycles. The SMILES string of the molecule is CC[Si](C#Cc1cc(/C=C2\SC(=S)NC2=O)ccc1OC)(CC)CC. The number of carbonyl (C=O) groups is 1. The van der Waals surface area contributed by atoms with Gasteiger partial charge in [-0.1, -0.05) is 56.7 Å². The van der Waals surface area contributed by atoms with Crippen LogP contribution in [0, 0.1) is 11.5 Å². The Kier molecular flexibility index (Phi) is 6.88. The van der Waals surface area contributed by atoms with E-state index in [0.29, 0.717) is 9.23 Å². The molecule has 1 heterocycles. The Morgan fingerprint density at radius 2 is 1.96 bits per heavy atom. The molecule has 2 rings (SSSR count). The molecule has 0 saturated carbocycles. The zero-order valence-electron chi connectivity index (χ0n) is 15.1. The highest BCUT2D eigenvalue weighted by Gasteiger charge is 2.24. The fourth-order valence-corrected chi connectivity index (χ4v) is 6.17. The maximum Gasteiger partial charge on any atom is 0.263 e. The topological polar surface area (TPSA) is 38.3 Å². The lowest BCUT2D eigenvalue weighted by Crippen LogP contribution is -2.29. The van der Waals surface area contributed by atoms with Crippen LogP contribution in [0.25, 0.3) is 6.08 Å². The van der Waals surface area contributed by atoms with Crippen LogP contribution in [0.1, 0.15) is 31.9 Å². The van der Waals surface area contributed by atoms with Gasteiger partial charge in [-0.15, -0.1) is 5.54 Å². The number of methoxy groups -OCH3 is 1. The molecule has 0 unspecified atom stereocenters. The highest BCUT2D eigenvalue weighted by atomic mass is 32.2. The van der Waals surface area contributed by atoms with E-state index in [0.717, 1.165) is 35.0 Å². The normalized spacial score (nSPS) is 15.8. The molecule has 0 atom stereocenters. The average Bonchev–Trinajstić information content (AvgIpc) is 2.94. The van der Waals surface area contributed by atoms with Crippen molar-refractivity contribution in [1.29, 1.82) is 0 Å². The Balaban J connectivity index is 2.40. The predicted octanol–water partition coefficient (Wildman–Crippen LogP) is 4.58. The number of thiocarbonyl (C=S) groups is 1. The number of nitrogens with one attached hydrogen (secondary N) is 1. The van der Waals surface area contributed by atoms with Gasteiger partial charge in [0, 0.05) is 0 Å². The minimum atomic E-state index is -1.53. The third-order valence-electron chi connectivity index (χ3n) is 4.66. The van der Waals surface area contributed by atoms with Crippen molar-refractivity contribution in [3.8, 4) is 17.2 Å². The van der Waals surface area contributed by atoms with Crippen molar-refractivity contribution < 1.29 is 9.53 Å². The van der Waals surface area contributed by atoms with Crippen LogP contribution in [0.15, 0.2) is 23.1 Å². The summed E-state index contributed by atoms with van der Waals surface area (Å²) in [4.78, 5) is 12.4. The molecule has 6 heteroatoms. The van der Waals surface area contributed by atoms with E-state index < -0.39 is 8.07 Å². The number of benzene rings is 1. The molecule has 1 N–H and O–H groups in total. The summed E-state index contributed by atoms with van der Waals surface area (Å²) in [5.41, 5.74) is 5.38. The Morgan fingerprint density at radius 1 is 1.28 bits per heavy atom. The summed E-state index contributed by atoms with van der Waals surface area (Å²) in [6.07, 6.45) is 1.84. The average molecular weight is 390 g/mol. The third-order valence-corrected chi connectivity index (χ3v) is 10.5. The van der Waals surface area contributed by atoms with Crippen molar-refractivity contribution in [3.05, 3.63) is 34.2 Å². The van der Waals surface area contributed by atoms with Gasteiger partial charge in [0.05, 0.1) is 17.6 Å². The van der Waals surface area contributed by atoms with E-state index in [9.17, 15) is 4.79 Å². The summed E-state index contributed by atoms with van der Waals surface area (Å²) >= 11 is 6.31. The molecule has 1 aliphatic rings. The van der Waals surface area contributed by atoms with Gasteiger partial charge in [-0.05, 0) is 41.9 Å². The molecular weight excluding hydrogens is 366 g/mol. The maximum atomic E-state index is 11.8. The van der Waals surface area contributed by atoms with E-state index in [1.165, 1.54) is 11.8 Å². The second-order valence-electron chi connectivity index (χ2n) is 5.90. The largest absolute Gasteiger partial charge is 0.495 e. The first-order valence-corrected chi connectivity index (χ1v) is 12.3. The van der Waals surface area contributed by atoms with E-state index in [4.69, 9.17) is 17.0 Å². The van der Waals surface area contributed by atoms with Crippen molar-refractivity contribution in [3.63, 3.8) is 0 Å². The third kappa shape index (κ3) is 4.75. The number of rotatable bonds is 5. The Hall–Kier alpha value is -1.55. The van der Waals surface area contributed by atoms with Crippen LogP contribution in [-0.4, -0.2) is 25.4 Å². The van der Waals surface area contributed by atoms with Gasteiger partial charge in [0.2, 0.25) is 0 Å². The summed E-state index contributed by atoms with van der Waals surface area (Å²) in [6.45, 7) is 6.72. The number of carbonyl (C=O) groups excluding carboxylic acids is 1. The van der Waals surface area contributed by atoms with Gasteiger partial charge in [0.1, 0.15) is 18.1 Å². The van der Waals surface area contributed by atoms with E-state index in [-0.39, 0.29) is 5.91 Å². The predicted molar refractivity (Wildman–Crippen MR) is 113 cm³/mol. The van der Waals surface area contributed by atoms with E-state index >= 15 is 0 Å². The van der Waals surface area contributed by atoms with Gasteiger partial charge in [-0.2, -0.15) is 0 Å². The Labute approximate surface area is 160 Å². The van der Waals surface area contributed by atoms with Crippen LogP contribution in [0.2, 0.25) is 18.1 Å². The number of thioether (sulfide) groups is 1. The van der Waals surface area contributed by atoms with E-state index in [1.54, 1.807) is 7.11 Å².